The Kier molecular flexibility index (Phi) is 19.8. The average Bonchev–Trinajstić information content (AvgIpc) is 2.57. The highest BCUT2D eigenvalue weighted by Crippen LogP contribution is 2.06. The summed E-state index contributed by atoms with van der Waals surface area (Å²) < 4.78 is 16.8. The van der Waals surface area contributed by atoms with Crippen LogP contribution in [0.3, 0.4) is 0 Å². The summed E-state index contributed by atoms with van der Waals surface area (Å²) >= 11 is 0. The summed E-state index contributed by atoms with van der Waals surface area (Å²) in [5.41, 5.74) is 0. The van der Waals surface area contributed by atoms with E-state index >= 15 is 0 Å². The molecule has 0 aromatic heterocycles. The van der Waals surface area contributed by atoms with Crippen molar-refractivity contribution in [2.75, 3.05) is 33.5 Å². The quantitative estimate of drug-likeness (QED) is 0.282. The van der Waals surface area contributed by atoms with Crippen molar-refractivity contribution in [1.29, 1.82) is 0 Å². The van der Waals surface area contributed by atoms with Crippen LogP contribution in [0.4, 0.5) is 0 Å². The second kappa shape index (κ2) is 19.9. The molecule has 0 atom stereocenters. The first-order valence-corrected chi connectivity index (χ1v) is 10.0. The molecule has 0 N–H and O–H groups in total. The molecule has 3 heteroatoms. The third-order valence-corrected chi connectivity index (χ3v) is 4.23. The van der Waals surface area contributed by atoms with Gasteiger partial charge in [-0.1, -0.05) is 78.1 Å². The summed E-state index contributed by atoms with van der Waals surface area (Å²) in [4.78, 5) is 0. The van der Waals surface area contributed by atoms with E-state index in [0.29, 0.717) is 13.2 Å². The fourth-order valence-corrected chi connectivity index (χ4v) is 2.58. The van der Waals surface area contributed by atoms with Crippen LogP contribution in [0, 0.1) is 0 Å². The van der Waals surface area contributed by atoms with Crippen molar-refractivity contribution in [3.63, 3.8) is 0 Å². The second-order valence-corrected chi connectivity index (χ2v) is 6.54. The van der Waals surface area contributed by atoms with Crippen LogP contribution < -0.4 is 0 Å². The van der Waals surface area contributed by atoms with Gasteiger partial charge in [-0.05, 0) is 12.8 Å². The van der Waals surface area contributed by atoms with Crippen LogP contribution in [-0.4, -0.2) is 39.6 Å². The highest BCUT2D eigenvalue weighted by molar-refractivity contribution is 4.55. The Labute approximate surface area is 145 Å². The summed E-state index contributed by atoms with van der Waals surface area (Å²) in [6.07, 6.45) is 15.7. The maximum Gasteiger partial charge on any atom is 0.104 e. The molecule has 0 spiro atoms. The Morgan fingerprint density at radius 1 is 0.565 bits per heavy atom. The van der Waals surface area contributed by atoms with Gasteiger partial charge in [-0.3, -0.25) is 0 Å². The molecule has 0 aliphatic carbocycles. The maximum atomic E-state index is 5.71. The molecular formula is C20H42O3. The van der Waals surface area contributed by atoms with E-state index < -0.39 is 0 Å². The van der Waals surface area contributed by atoms with Crippen LogP contribution in [0.5, 0.6) is 0 Å². The van der Waals surface area contributed by atoms with Crippen LogP contribution in [0.1, 0.15) is 90.9 Å². The van der Waals surface area contributed by atoms with Crippen molar-refractivity contribution >= 4 is 0 Å². The van der Waals surface area contributed by atoms with Gasteiger partial charge in [0.05, 0.1) is 13.2 Å². The van der Waals surface area contributed by atoms with Gasteiger partial charge < -0.3 is 14.2 Å². The molecule has 0 radical (unpaired) electrons. The smallest absolute Gasteiger partial charge is 0.104 e. The second-order valence-electron chi connectivity index (χ2n) is 6.54. The number of hydrogen-bond acceptors (Lipinski definition) is 3. The van der Waals surface area contributed by atoms with E-state index in [1.54, 1.807) is 7.11 Å². The Morgan fingerprint density at radius 2 is 0.957 bits per heavy atom. The van der Waals surface area contributed by atoms with Gasteiger partial charge in [0.15, 0.2) is 0 Å². The lowest BCUT2D eigenvalue weighted by Crippen LogP contribution is -2.24. The van der Waals surface area contributed by atoms with Crippen molar-refractivity contribution in [3.8, 4) is 0 Å². The molecule has 0 saturated carbocycles. The van der Waals surface area contributed by atoms with Gasteiger partial charge in [0.2, 0.25) is 0 Å². The molecule has 0 amide bonds. The zero-order valence-corrected chi connectivity index (χ0v) is 16.1. The first-order chi connectivity index (χ1) is 11.3. The van der Waals surface area contributed by atoms with Crippen LogP contribution in [0.15, 0.2) is 0 Å². The normalized spacial score (nSPS) is 11.5. The molecular weight excluding hydrogens is 288 g/mol. The van der Waals surface area contributed by atoms with Gasteiger partial charge in [0.1, 0.15) is 6.10 Å². The molecule has 0 bridgehead atoms. The Hall–Kier alpha value is -0.120. The van der Waals surface area contributed by atoms with Crippen molar-refractivity contribution < 1.29 is 14.2 Å². The summed E-state index contributed by atoms with van der Waals surface area (Å²) in [5, 5.41) is 0. The van der Waals surface area contributed by atoms with Gasteiger partial charge in [0, 0.05) is 20.3 Å². The zero-order valence-electron chi connectivity index (χ0n) is 16.1. The van der Waals surface area contributed by atoms with E-state index in [-0.39, 0.29) is 6.10 Å². The number of methoxy groups -OCH3 is 1. The molecule has 0 saturated heterocycles. The lowest BCUT2D eigenvalue weighted by Gasteiger charge is -2.16. The topological polar surface area (TPSA) is 27.7 Å². The van der Waals surface area contributed by atoms with Crippen molar-refractivity contribution in [2.24, 2.45) is 0 Å². The van der Waals surface area contributed by atoms with Crippen molar-refractivity contribution in [2.45, 2.75) is 97.0 Å². The van der Waals surface area contributed by atoms with Crippen molar-refractivity contribution in [1.82, 2.24) is 0 Å². The monoisotopic (exact) mass is 330 g/mol. The van der Waals surface area contributed by atoms with Gasteiger partial charge in [-0.25, -0.2) is 0 Å². The zero-order chi connectivity index (χ0) is 17.0. The highest BCUT2D eigenvalue weighted by atomic mass is 16.6. The maximum absolute atomic E-state index is 5.71. The molecule has 0 aliphatic heterocycles. The van der Waals surface area contributed by atoms with Gasteiger partial charge >= 0.3 is 0 Å². The molecule has 0 unspecified atom stereocenters. The van der Waals surface area contributed by atoms with Crippen molar-refractivity contribution in [3.05, 3.63) is 0 Å². The predicted molar refractivity (Wildman–Crippen MR) is 99.2 cm³/mol. The highest BCUT2D eigenvalue weighted by Gasteiger charge is 2.07. The Morgan fingerprint density at radius 3 is 1.35 bits per heavy atom. The van der Waals surface area contributed by atoms with E-state index in [1.165, 1.54) is 77.0 Å². The fraction of sp³-hybridized carbons (Fsp3) is 1.00. The molecule has 0 aliphatic rings. The van der Waals surface area contributed by atoms with Gasteiger partial charge in [-0.2, -0.15) is 0 Å². The summed E-state index contributed by atoms with van der Waals surface area (Å²) in [6.45, 7) is 7.52. The van der Waals surface area contributed by atoms with E-state index in [1.807, 2.05) is 0 Å². The molecule has 0 heterocycles. The molecule has 0 aromatic carbocycles. The minimum atomic E-state index is 0.0789. The summed E-state index contributed by atoms with van der Waals surface area (Å²) in [6, 6.07) is 0. The van der Waals surface area contributed by atoms with Crippen LogP contribution in [0.25, 0.3) is 0 Å². The first kappa shape index (κ1) is 22.9. The molecule has 23 heavy (non-hydrogen) atoms. The average molecular weight is 331 g/mol. The minimum absolute atomic E-state index is 0.0789. The third kappa shape index (κ3) is 18.1. The standard InChI is InChI=1S/C20H42O3/c1-4-6-8-10-12-14-16-22-18-20(21-3)19-23-17-15-13-11-9-7-5-2/h20H,4-19H2,1-3H3. The molecule has 3 nitrogen and oxygen atoms in total. The Balaban J connectivity index is 3.29. The predicted octanol–water partition coefficient (Wildman–Crippen LogP) is 5.76. The van der Waals surface area contributed by atoms with E-state index in [2.05, 4.69) is 13.8 Å². The number of unbranched alkanes of at least 4 members (excludes halogenated alkanes) is 10. The van der Waals surface area contributed by atoms with Gasteiger partial charge in [0.25, 0.3) is 0 Å². The fourth-order valence-electron chi connectivity index (χ4n) is 2.58. The third-order valence-electron chi connectivity index (χ3n) is 4.23. The number of rotatable bonds is 19. The van der Waals surface area contributed by atoms with Crippen LogP contribution in [0.2, 0.25) is 0 Å². The minimum Gasteiger partial charge on any atom is -0.379 e. The molecule has 0 rings (SSSR count). The first-order valence-electron chi connectivity index (χ1n) is 10.0. The lowest BCUT2D eigenvalue weighted by atomic mass is 10.1. The van der Waals surface area contributed by atoms with Crippen LogP contribution in [-0.2, 0) is 14.2 Å². The van der Waals surface area contributed by atoms with E-state index in [4.69, 9.17) is 14.2 Å². The lowest BCUT2D eigenvalue weighted by molar-refractivity contribution is -0.0418. The van der Waals surface area contributed by atoms with E-state index in [0.717, 1.165) is 13.2 Å². The SMILES string of the molecule is CCCCCCCCOCC(COCCCCCCCC)OC. The number of hydrogen-bond donors (Lipinski definition) is 0. The largest absolute Gasteiger partial charge is 0.379 e. The molecule has 140 valence electrons. The van der Waals surface area contributed by atoms with Gasteiger partial charge in [-0.15, -0.1) is 0 Å². The molecule has 0 fully saturated rings. The Bertz CT molecular complexity index is 189. The summed E-state index contributed by atoms with van der Waals surface area (Å²) in [5.74, 6) is 0. The number of ether oxygens (including phenoxy) is 3. The summed E-state index contributed by atoms with van der Waals surface area (Å²) in [7, 11) is 1.74. The van der Waals surface area contributed by atoms with Crippen LogP contribution >= 0.6 is 0 Å². The van der Waals surface area contributed by atoms with E-state index in [9.17, 15) is 0 Å². The molecule has 0 aromatic rings.